The van der Waals surface area contributed by atoms with Crippen LogP contribution in [-0.4, -0.2) is 33.3 Å². The number of benzene rings is 2. The van der Waals surface area contributed by atoms with Gasteiger partial charge in [0.05, 0.1) is 14.2 Å². The number of nitrogens with one attached hydrogen (secondary N) is 2. The van der Waals surface area contributed by atoms with Crippen molar-refractivity contribution in [2.75, 3.05) is 37.5 Å². The molecule has 0 saturated carbocycles. The molecule has 1 heterocycles. The lowest BCUT2D eigenvalue weighted by atomic mass is 10.1. The van der Waals surface area contributed by atoms with E-state index in [2.05, 4.69) is 27.7 Å². The summed E-state index contributed by atoms with van der Waals surface area (Å²) < 4.78 is 10.5. The normalized spacial score (nSPS) is 13.8. The summed E-state index contributed by atoms with van der Waals surface area (Å²) in [6.07, 6.45) is 3.81. The average molecular weight is 369 g/mol. The van der Waals surface area contributed by atoms with Crippen LogP contribution in [0.3, 0.4) is 0 Å². The van der Waals surface area contributed by atoms with Gasteiger partial charge in [0.1, 0.15) is 11.5 Å². The number of carbonyl (C=O) groups excluding carboxylic acids is 1. The summed E-state index contributed by atoms with van der Waals surface area (Å²) in [5.41, 5.74) is 2.89. The number of rotatable bonds is 6. The molecular formula is C21H27N3O3. The van der Waals surface area contributed by atoms with Crippen LogP contribution in [0.2, 0.25) is 0 Å². The van der Waals surface area contributed by atoms with E-state index in [1.165, 1.54) is 24.9 Å². The van der Waals surface area contributed by atoms with Crippen molar-refractivity contribution in [3.63, 3.8) is 0 Å². The summed E-state index contributed by atoms with van der Waals surface area (Å²) in [7, 11) is 3.21. The number of ether oxygens (including phenoxy) is 2. The zero-order valence-corrected chi connectivity index (χ0v) is 16.0. The summed E-state index contributed by atoms with van der Waals surface area (Å²) in [6.45, 7) is 2.60. The summed E-state index contributed by atoms with van der Waals surface area (Å²) in [5.74, 6) is 1.39. The van der Waals surface area contributed by atoms with Gasteiger partial charge in [0.2, 0.25) is 0 Å². The van der Waals surface area contributed by atoms with Crippen molar-refractivity contribution in [3.8, 4) is 11.5 Å². The Morgan fingerprint density at radius 1 is 0.963 bits per heavy atom. The lowest BCUT2D eigenvalue weighted by Crippen LogP contribution is -2.29. The van der Waals surface area contributed by atoms with Crippen molar-refractivity contribution in [1.82, 2.24) is 5.32 Å². The molecule has 0 unspecified atom stereocenters. The highest BCUT2D eigenvalue weighted by atomic mass is 16.5. The summed E-state index contributed by atoms with van der Waals surface area (Å²) in [5, 5.41) is 5.72. The number of hydrogen-bond acceptors (Lipinski definition) is 4. The Morgan fingerprint density at radius 2 is 1.59 bits per heavy atom. The Balaban J connectivity index is 1.53. The van der Waals surface area contributed by atoms with E-state index in [-0.39, 0.29) is 6.03 Å². The Bertz CT molecular complexity index is 734. The van der Waals surface area contributed by atoms with Crippen LogP contribution in [0.4, 0.5) is 16.2 Å². The molecule has 1 aliphatic heterocycles. The average Bonchev–Trinajstić information content (AvgIpc) is 2.73. The standard InChI is InChI=1S/C21H27N3O3/c1-26-19-12-16(13-20(14-19)27-2)15-22-21(25)23-17-6-8-18(9-7-17)24-10-4-3-5-11-24/h6-9,12-14H,3-5,10-11,15H2,1-2H3,(H2,22,23,25). The van der Waals surface area contributed by atoms with E-state index in [0.717, 1.165) is 24.3 Å². The van der Waals surface area contributed by atoms with Crippen molar-refractivity contribution < 1.29 is 14.3 Å². The maximum atomic E-state index is 12.2. The number of carbonyl (C=O) groups is 1. The van der Waals surface area contributed by atoms with Crippen LogP contribution in [0.15, 0.2) is 42.5 Å². The van der Waals surface area contributed by atoms with Gasteiger partial charge in [-0.3, -0.25) is 0 Å². The predicted octanol–water partition coefficient (Wildman–Crippen LogP) is 4.02. The second-order valence-corrected chi connectivity index (χ2v) is 6.62. The lowest BCUT2D eigenvalue weighted by molar-refractivity contribution is 0.251. The number of piperidine rings is 1. The maximum absolute atomic E-state index is 12.2. The van der Waals surface area contributed by atoms with Crippen LogP contribution in [0.1, 0.15) is 24.8 Å². The highest BCUT2D eigenvalue weighted by Crippen LogP contribution is 2.23. The van der Waals surface area contributed by atoms with E-state index in [1.807, 2.05) is 24.3 Å². The van der Waals surface area contributed by atoms with Gasteiger partial charge in [-0.25, -0.2) is 4.79 Å². The van der Waals surface area contributed by atoms with E-state index in [0.29, 0.717) is 18.0 Å². The molecule has 6 nitrogen and oxygen atoms in total. The van der Waals surface area contributed by atoms with E-state index in [9.17, 15) is 4.79 Å². The van der Waals surface area contributed by atoms with E-state index >= 15 is 0 Å². The molecule has 27 heavy (non-hydrogen) atoms. The van der Waals surface area contributed by atoms with Crippen LogP contribution < -0.4 is 25.0 Å². The van der Waals surface area contributed by atoms with Gasteiger partial charge in [-0.1, -0.05) is 0 Å². The minimum absolute atomic E-state index is 0.248. The first-order chi connectivity index (χ1) is 13.2. The molecule has 2 aromatic rings. The van der Waals surface area contributed by atoms with Crippen molar-refractivity contribution in [2.24, 2.45) is 0 Å². The van der Waals surface area contributed by atoms with E-state index in [1.54, 1.807) is 20.3 Å². The summed E-state index contributed by atoms with van der Waals surface area (Å²) in [4.78, 5) is 14.6. The molecule has 2 aromatic carbocycles. The second-order valence-electron chi connectivity index (χ2n) is 6.62. The van der Waals surface area contributed by atoms with Crippen LogP contribution >= 0.6 is 0 Å². The van der Waals surface area contributed by atoms with E-state index in [4.69, 9.17) is 9.47 Å². The van der Waals surface area contributed by atoms with Crippen LogP contribution in [0.5, 0.6) is 11.5 Å². The molecule has 0 aliphatic carbocycles. The van der Waals surface area contributed by atoms with Gasteiger partial charge < -0.3 is 25.0 Å². The van der Waals surface area contributed by atoms with Gasteiger partial charge in [0.15, 0.2) is 0 Å². The van der Waals surface area contributed by atoms with Gasteiger partial charge in [-0.2, -0.15) is 0 Å². The Labute approximate surface area is 160 Å². The second kappa shape index (κ2) is 9.16. The van der Waals surface area contributed by atoms with Crippen LogP contribution in [0.25, 0.3) is 0 Å². The molecule has 144 valence electrons. The topological polar surface area (TPSA) is 62.8 Å². The van der Waals surface area contributed by atoms with Gasteiger partial charge in [0, 0.05) is 37.1 Å². The fourth-order valence-electron chi connectivity index (χ4n) is 3.23. The largest absolute Gasteiger partial charge is 0.497 e. The molecular weight excluding hydrogens is 342 g/mol. The number of hydrogen-bond donors (Lipinski definition) is 2. The lowest BCUT2D eigenvalue weighted by Gasteiger charge is -2.28. The highest BCUT2D eigenvalue weighted by Gasteiger charge is 2.11. The molecule has 1 saturated heterocycles. The monoisotopic (exact) mass is 369 g/mol. The molecule has 6 heteroatoms. The molecule has 3 rings (SSSR count). The molecule has 0 radical (unpaired) electrons. The third-order valence-electron chi connectivity index (χ3n) is 4.71. The zero-order chi connectivity index (χ0) is 19.1. The molecule has 2 amide bonds. The fourth-order valence-corrected chi connectivity index (χ4v) is 3.23. The smallest absolute Gasteiger partial charge is 0.319 e. The number of urea groups is 1. The fraction of sp³-hybridized carbons (Fsp3) is 0.381. The number of methoxy groups -OCH3 is 2. The Morgan fingerprint density at radius 3 is 2.19 bits per heavy atom. The quantitative estimate of drug-likeness (QED) is 0.807. The Hall–Kier alpha value is -2.89. The minimum Gasteiger partial charge on any atom is -0.497 e. The summed E-state index contributed by atoms with van der Waals surface area (Å²) >= 11 is 0. The van der Waals surface area contributed by atoms with Crippen LogP contribution in [-0.2, 0) is 6.54 Å². The maximum Gasteiger partial charge on any atom is 0.319 e. The highest BCUT2D eigenvalue weighted by molar-refractivity contribution is 5.89. The number of amides is 2. The van der Waals surface area contributed by atoms with Gasteiger partial charge in [-0.05, 0) is 61.2 Å². The number of anilines is 2. The van der Waals surface area contributed by atoms with Crippen molar-refractivity contribution in [1.29, 1.82) is 0 Å². The predicted molar refractivity (Wildman–Crippen MR) is 108 cm³/mol. The Kier molecular flexibility index (Phi) is 6.41. The van der Waals surface area contributed by atoms with E-state index < -0.39 is 0 Å². The third-order valence-corrected chi connectivity index (χ3v) is 4.71. The molecule has 1 aliphatic rings. The minimum atomic E-state index is -0.248. The molecule has 0 spiro atoms. The van der Waals surface area contributed by atoms with Gasteiger partial charge in [0.25, 0.3) is 0 Å². The van der Waals surface area contributed by atoms with Crippen molar-refractivity contribution >= 4 is 17.4 Å². The zero-order valence-electron chi connectivity index (χ0n) is 16.0. The van der Waals surface area contributed by atoms with Crippen molar-refractivity contribution in [2.45, 2.75) is 25.8 Å². The first-order valence-electron chi connectivity index (χ1n) is 9.30. The van der Waals surface area contributed by atoms with Crippen LogP contribution in [0, 0.1) is 0 Å². The molecule has 0 bridgehead atoms. The molecule has 1 fully saturated rings. The first kappa shape index (κ1) is 18.9. The first-order valence-corrected chi connectivity index (χ1v) is 9.30. The van der Waals surface area contributed by atoms with Gasteiger partial charge in [-0.15, -0.1) is 0 Å². The third kappa shape index (κ3) is 5.29. The molecule has 0 atom stereocenters. The SMILES string of the molecule is COc1cc(CNC(=O)Nc2ccc(N3CCCCC3)cc2)cc(OC)c1. The molecule has 2 N–H and O–H groups in total. The molecule has 0 aromatic heterocycles. The van der Waals surface area contributed by atoms with Gasteiger partial charge >= 0.3 is 6.03 Å². The number of nitrogens with zero attached hydrogens (tertiary/aromatic N) is 1. The van der Waals surface area contributed by atoms with Crippen molar-refractivity contribution in [3.05, 3.63) is 48.0 Å². The summed E-state index contributed by atoms with van der Waals surface area (Å²) in [6, 6.07) is 13.3.